The highest BCUT2D eigenvalue weighted by Crippen LogP contribution is 2.27. The van der Waals surface area contributed by atoms with Gasteiger partial charge in [-0.25, -0.2) is 0 Å². The molecule has 0 amide bonds. The van der Waals surface area contributed by atoms with Gasteiger partial charge in [0.2, 0.25) is 0 Å². The maximum absolute atomic E-state index is 10.9. The summed E-state index contributed by atoms with van der Waals surface area (Å²) in [6.45, 7) is 4.07. The number of benzene rings is 1. The Bertz CT molecular complexity index is 376. The summed E-state index contributed by atoms with van der Waals surface area (Å²) in [5, 5.41) is 9.00. The van der Waals surface area contributed by atoms with Crippen molar-refractivity contribution in [1.29, 1.82) is 0 Å². The van der Waals surface area contributed by atoms with E-state index < -0.39 is 5.97 Å². The normalized spacial score (nSPS) is 14.3. The maximum atomic E-state index is 10.9. The zero-order chi connectivity index (χ0) is 12.8. The summed E-state index contributed by atoms with van der Waals surface area (Å²) in [4.78, 5) is 10.9. The first-order chi connectivity index (χ1) is 8.10. The third kappa shape index (κ3) is 3.56. The fourth-order valence-corrected chi connectivity index (χ4v) is 2.18. The van der Waals surface area contributed by atoms with Gasteiger partial charge in [-0.05, 0) is 24.0 Å². The van der Waals surface area contributed by atoms with Gasteiger partial charge < -0.3 is 10.8 Å². The minimum atomic E-state index is -0.787. The van der Waals surface area contributed by atoms with Gasteiger partial charge >= 0.3 is 5.97 Å². The molecule has 0 saturated heterocycles. The van der Waals surface area contributed by atoms with Crippen LogP contribution in [0, 0.1) is 0 Å². The molecule has 3 N–H and O–H groups in total. The number of carboxylic acid groups (broad SMARTS) is 1. The second kappa shape index (κ2) is 6.40. The molecule has 0 aliphatic carbocycles. The fraction of sp³-hybridized carbons (Fsp3) is 0.500. The van der Waals surface area contributed by atoms with Crippen LogP contribution in [0.5, 0.6) is 0 Å². The maximum Gasteiger partial charge on any atom is 0.304 e. The van der Waals surface area contributed by atoms with Crippen LogP contribution >= 0.6 is 0 Å². The van der Waals surface area contributed by atoms with Crippen molar-refractivity contribution in [1.82, 2.24) is 0 Å². The largest absolute Gasteiger partial charge is 0.481 e. The Morgan fingerprint density at radius 3 is 2.53 bits per heavy atom. The van der Waals surface area contributed by atoms with E-state index in [0.717, 1.165) is 18.4 Å². The molecular formula is C14H21NO2. The Morgan fingerprint density at radius 2 is 2.00 bits per heavy atom. The van der Waals surface area contributed by atoms with Crippen LogP contribution in [0.2, 0.25) is 0 Å². The van der Waals surface area contributed by atoms with Crippen molar-refractivity contribution in [2.75, 3.05) is 0 Å². The van der Waals surface area contributed by atoms with E-state index in [9.17, 15) is 4.79 Å². The minimum absolute atomic E-state index is 0.0892. The van der Waals surface area contributed by atoms with Gasteiger partial charge in [-0.15, -0.1) is 0 Å². The van der Waals surface area contributed by atoms with Gasteiger partial charge in [-0.2, -0.15) is 0 Å². The highest BCUT2D eigenvalue weighted by atomic mass is 16.4. The second-order valence-electron chi connectivity index (χ2n) is 4.33. The van der Waals surface area contributed by atoms with Crippen LogP contribution in [0.25, 0.3) is 0 Å². The van der Waals surface area contributed by atoms with Crippen molar-refractivity contribution in [2.45, 2.75) is 45.1 Å². The van der Waals surface area contributed by atoms with Crippen LogP contribution in [-0.2, 0) is 11.2 Å². The van der Waals surface area contributed by atoms with Gasteiger partial charge in [0.1, 0.15) is 0 Å². The number of hydrogen-bond donors (Lipinski definition) is 2. The monoisotopic (exact) mass is 235 g/mol. The summed E-state index contributed by atoms with van der Waals surface area (Å²) in [5.41, 5.74) is 8.34. The highest BCUT2D eigenvalue weighted by Gasteiger charge is 2.23. The van der Waals surface area contributed by atoms with Gasteiger partial charge in [0.25, 0.3) is 0 Å². The van der Waals surface area contributed by atoms with Crippen LogP contribution in [0.3, 0.4) is 0 Å². The molecule has 1 aromatic rings. The molecule has 0 aliphatic heterocycles. The molecular weight excluding hydrogens is 214 g/mol. The van der Waals surface area contributed by atoms with E-state index in [-0.39, 0.29) is 18.4 Å². The molecule has 2 atom stereocenters. The molecule has 0 spiro atoms. The summed E-state index contributed by atoms with van der Waals surface area (Å²) in [5.74, 6) is -0.876. The van der Waals surface area contributed by atoms with E-state index in [1.54, 1.807) is 0 Å². The molecule has 0 radical (unpaired) electrons. The van der Waals surface area contributed by atoms with Crippen molar-refractivity contribution in [3.63, 3.8) is 0 Å². The van der Waals surface area contributed by atoms with Gasteiger partial charge in [0.15, 0.2) is 0 Å². The van der Waals surface area contributed by atoms with Crippen molar-refractivity contribution < 1.29 is 9.90 Å². The van der Waals surface area contributed by atoms with E-state index in [1.165, 1.54) is 5.56 Å². The molecule has 3 nitrogen and oxygen atoms in total. The number of carboxylic acids is 1. The predicted molar refractivity (Wildman–Crippen MR) is 69.1 cm³/mol. The predicted octanol–water partition coefficient (Wildman–Crippen LogP) is 2.54. The van der Waals surface area contributed by atoms with Crippen molar-refractivity contribution in [3.05, 3.63) is 35.4 Å². The summed E-state index contributed by atoms with van der Waals surface area (Å²) < 4.78 is 0. The third-order valence-corrected chi connectivity index (χ3v) is 3.22. The summed E-state index contributed by atoms with van der Waals surface area (Å²) >= 11 is 0. The molecule has 1 rings (SSSR count). The van der Waals surface area contributed by atoms with Crippen LogP contribution in [0.4, 0.5) is 0 Å². The smallest absolute Gasteiger partial charge is 0.304 e. The second-order valence-corrected chi connectivity index (χ2v) is 4.33. The first kappa shape index (κ1) is 13.7. The number of nitrogens with two attached hydrogens (primary N) is 1. The lowest BCUT2D eigenvalue weighted by molar-refractivity contribution is -0.137. The summed E-state index contributed by atoms with van der Waals surface area (Å²) in [6, 6.07) is 7.89. The molecule has 0 saturated carbocycles. The van der Waals surface area contributed by atoms with Crippen molar-refractivity contribution in [2.24, 2.45) is 5.73 Å². The van der Waals surface area contributed by atoms with Crippen molar-refractivity contribution in [3.8, 4) is 0 Å². The number of aliphatic carboxylic acids is 1. The molecule has 3 heteroatoms. The van der Waals surface area contributed by atoms with Gasteiger partial charge in [0.05, 0.1) is 6.42 Å². The molecule has 17 heavy (non-hydrogen) atoms. The molecule has 0 heterocycles. The van der Waals surface area contributed by atoms with Crippen LogP contribution in [0.15, 0.2) is 24.3 Å². The summed E-state index contributed by atoms with van der Waals surface area (Å²) in [7, 11) is 0. The molecule has 0 bridgehead atoms. The first-order valence-corrected chi connectivity index (χ1v) is 6.15. The van der Waals surface area contributed by atoms with Crippen LogP contribution in [-0.4, -0.2) is 17.1 Å². The van der Waals surface area contributed by atoms with E-state index in [0.29, 0.717) is 0 Å². The Kier molecular flexibility index (Phi) is 5.16. The SMILES string of the molecule is CCc1ccccc1C(CC(=O)O)C(N)CC. The third-order valence-electron chi connectivity index (χ3n) is 3.22. The lowest BCUT2D eigenvalue weighted by Gasteiger charge is -2.24. The lowest BCUT2D eigenvalue weighted by atomic mass is 9.84. The summed E-state index contributed by atoms with van der Waals surface area (Å²) in [6.07, 6.45) is 1.80. The Balaban J connectivity index is 3.07. The van der Waals surface area contributed by atoms with Gasteiger partial charge in [-0.3, -0.25) is 4.79 Å². The fourth-order valence-electron chi connectivity index (χ4n) is 2.18. The number of hydrogen-bond acceptors (Lipinski definition) is 2. The first-order valence-electron chi connectivity index (χ1n) is 6.15. The topological polar surface area (TPSA) is 63.3 Å². The molecule has 0 fully saturated rings. The number of rotatable bonds is 6. The lowest BCUT2D eigenvalue weighted by Crippen LogP contribution is -2.30. The van der Waals surface area contributed by atoms with E-state index in [4.69, 9.17) is 10.8 Å². The van der Waals surface area contributed by atoms with E-state index >= 15 is 0 Å². The zero-order valence-corrected chi connectivity index (χ0v) is 10.5. The molecule has 94 valence electrons. The van der Waals surface area contributed by atoms with Crippen LogP contribution in [0.1, 0.15) is 43.7 Å². The van der Waals surface area contributed by atoms with E-state index in [2.05, 4.69) is 6.92 Å². The molecule has 1 aromatic carbocycles. The standard InChI is InChI=1S/C14H21NO2/c1-3-10-7-5-6-8-11(10)12(9-14(16)17)13(15)4-2/h5-8,12-13H,3-4,9,15H2,1-2H3,(H,16,17). The Labute approximate surface area is 103 Å². The molecule has 0 aromatic heterocycles. The molecule has 0 aliphatic rings. The average molecular weight is 235 g/mol. The highest BCUT2D eigenvalue weighted by molar-refractivity contribution is 5.68. The molecule has 2 unspecified atom stereocenters. The van der Waals surface area contributed by atoms with Gasteiger partial charge in [-0.1, -0.05) is 38.1 Å². The Morgan fingerprint density at radius 1 is 1.35 bits per heavy atom. The van der Waals surface area contributed by atoms with Crippen molar-refractivity contribution >= 4 is 5.97 Å². The minimum Gasteiger partial charge on any atom is -0.481 e. The average Bonchev–Trinajstić information content (AvgIpc) is 2.34. The zero-order valence-electron chi connectivity index (χ0n) is 10.5. The van der Waals surface area contributed by atoms with E-state index in [1.807, 2.05) is 31.2 Å². The number of aryl methyl sites for hydroxylation is 1. The van der Waals surface area contributed by atoms with Gasteiger partial charge in [0, 0.05) is 12.0 Å². The Hall–Kier alpha value is -1.35. The quantitative estimate of drug-likeness (QED) is 0.796. The number of carbonyl (C=O) groups is 1. The van der Waals surface area contributed by atoms with Crippen LogP contribution < -0.4 is 5.73 Å².